The Morgan fingerprint density at radius 1 is 1.31 bits per heavy atom. The summed E-state index contributed by atoms with van der Waals surface area (Å²) in [6.45, 7) is 4.73. The third-order valence-corrected chi connectivity index (χ3v) is 5.73. The molecule has 4 fully saturated rings. The van der Waals surface area contributed by atoms with Gasteiger partial charge in [0, 0.05) is 0 Å². The van der Waals surface area contributed by atoms with Crippen LogP contribution in [0.5, 0.6) is 0 Å². The first-order chi connectivity index (χ1) is 6.17. The molecule has 0 bridgehead atoms. The maximum atomic E-state index is 5.84. The van der Waals surface area contributed by atoms with Crippen molar-refractivity contribution in [3.05, 3.63) is 0 Å². The molecule has 13 heavy (non-hydrogen) atoms. The zero-order valence-electron chi connectivity index (χ0n) is 8.25. The molecule has 70 valence electrons. The topological polar surface area (TPSA) is 18.5 Å². The Balaban J connectivity index is 1.85. The molecule has 4 aliphatic rings. The summed E-state index contributed by atoms with van der Waals surface area (Å²) in [7, 11) is 0.537. The summed E-state index contributed by atoms with van der Waals surface area (Å²) in [5.41, 5.74) is 0.673. The van der Waals surface area contributed by atoms with Gasteiger partial charge in [-0.05, 0) is 42.9 Å². The van der Waals surface area contributed by atoms with Crippen molar-refractivity contribution in [3.8, 4) is 0 Å². The van der Waals surface area contributed by atoms with Gasteiger partial charge in [0.25, 0.3) is 0 Å². The van der Waals surface area contributed by atoms with E-state index < -0.39 is 0 Å². The molecule has 4 rings (SSSR count). The van der Waals surface area contributed by atoms with E-state index in [0.717, 1.165) is 17.8 Å². The molecule has 3 aliphatic carbocycles. The molecule has 0 amide bonds. The van der Waals surface area contributed by atoms with Crippen LogP contribution in [-0.4, -0.2) is 19.4 Å². The monoisotopic (exact) mass is 178 g/mol. The molecule has 0 aromatic heterocycles. The van der Waals surface area contributed by atoms with E-state index in [9.17, 15) is 0 Å². The summed E-state index contributed by atoms with van der Waals surface area (Å²) < 4.78 is 11.6. The summed E-state index contributed by atoms with van der Waals surface area (Å²) in [5.74, 6) is 2.59. The van der Waals surface area contributed by atoms with E-state index in [2.05, 4.69) is 13.8 Å². The van der Waals surface area contributed by atoms with Crippen LogP contribution in [0.4, 0.5) is 0 Å². The fraction of sp³-hybridized carbons (Fsp3) is 1.00. The average molecular weight is 178 g/mol. The van der Waals surface area contributed by atoms with Crippen LogP contribution in [-0.2, 0) is 9.31 Å². The van der Waals surface area contributed by atoms with E-state index in [-0.39, 0.29) is 5.60 Å². The summed E-state index contributed by atoms with van der Waals surface area (Å²) in [6.07, 6.45) is 3.21. The average Bonchev–Trinajstić information content (AvgIpc) is 2.45. The fourth-order valence-corrected chi connectivity index (χ4v) is 4.83. The highest BCUT2D eigenvalue weighted by Crippen LogP contribution is 2.78. The molecule has 3 heteroatoms. The van der Waals surface area contributed by atoms with E-state index in [4.69, 9.17) is 9.31 Å². The van der Waals surface area contributed by atoms with Gasteiger partial charge in [-0.3, -0.25) is 0 Å². The third-order valence-electron chi connectivity index (χ3n) is 5.73. The standard InChI is InChI=1S/C10H15BO2/c1-9-5-3-6(9)8-10(2,7(9)4-5)13-11-12-8/h5-8,11H,3-4H2,1-2H3/t5-,6?,7+,8?,9?,10+/m1/s1. The molecule has 0 aromatic carbocycles. The van der Waals surface area contributed by atoms with Crippen molar-refractivity contribution in [2.75, 3.05) is 0 Å². The highest BCUT2D eigenvalue weighted by molar-refractivity contribution is 6.19. The first-order valence-corrected chi connectivity index (χ1v) is 5.43. The van der Waals surface area contributed by atoms with Crippen molar-refractivity contribution in [3.63, 3.8) is 0 Å². The van der Waals surface area contributed by atoms with E-state index >= 15 is 0 Å². The second-order valence-corrected chi connectivity index (χ2v) is 5.73. The lowest BCUT2D eigenvalue weighted by molar-refractivity contribution is -0.174. The Kier molecular flexibility index (Phi) is 0.967. The van der Waals surface area contributed by atoms with Gasteiger partial charge in [0.15, 0.2) is 0 Å². The largest absolute Gasteiger partial charge is 0.438 e. The maximum Gasteiger partial charge on any atom is 0.438 e. The number of rotatable bonds is 0. The van der Waals surface area contributed by atoms with Crippen molar-refractivity contribution < 1.29 is 9.31 Å². The van der Waals surface area contributed by atoms with Crippen molar-refractivity contribution in [2.45, 2.75) is 38.4 Å². The minimum atomic E-state index is 0.0758. The number of fused-ring (bicyclic) bond motifs is 3. The molecular weight excluding hydrogens is 163 g/mol. The van der Waals surface area contributed by atoms with Crippen LogP contribution in [0.1, 0.15) is 26.7 Å². The molecule has 0 aromatic rings. The SMILES string of the molecule is CC12C3C[C@@H]1C[C@@H]2[C@]1(C)OBOC31. The highest BCUT2D eigenvalue weighted by Gasteiger charge is 2.79. The summed E-state index contributed by atoms with van der Waals surface area (Å²) in [4.78, 5) is 0. The van der Waals surface area contributed by atoms with Gasteiger partial charge in [-0.25, -0.2) is 0 Å². The van der Waals surface area contributed by atoms with Gasteiger partial charge in [-0.15, -0.1) is 0 Å². The zero-order chi connectivity index (χ0) is 8.84. The minimum Gasteiger partial charge on any atom is -0.408 e. The molecule has 1 saturated heterocycles. The van der Waals surface area contributed by atoms with Crippen LogP contribution in [0, 0.1) is 23.2 Å². The Morgan fingerprint density at radius 3 is 2.92 bits per heavy atom. The van der Waals surface area contributed by atoms with E-state index in [1.165, 1.54) is 12.8 Å². The zero-order valence-corrected chi connectivity index (χ0v) is 8.25. The quantitative estimate of drug-likeness (QED) is 0.517. The van der Waals surface area contributed by atoms with Gasteiger partial charge in [-0.2, -0.15) is 0 Å². The van der Waals surface area contributed by atoms with Crippen LogP contribution in [0.15, 0.2) is 0 Å². The van der Waals surface area contributed by atoms with E-state index in [0.29, 0.717) is 19.2 Å². The third kappa shape index (κ3) is 0.498. The predicted molar refractivity (Wildman–Crippen MR) is 49.3 cm³/mol. The lowest BCUT2D eigenvalue weighted by atomic mass is 9.41. The Bertz CT molecular complexity index is 291. The molecule has 1 heterocycles. The van der Waals surface area contributed by atoms with Crippen LogP contribution < -0.4 is 0 Å². The van der Waals surface area contributed by atoms with Crippen LogP contribution in [0.3, 0.4) is 0 Å². The van der Waals surface area contributed by atoms with Gasteiger partial charge in [0.1, 0.15) is 0 Å². The first kappa shape index (κ1) is 7.30. The Hall–Kier alpha value is -0.0151. The molecule has 2 nitrogen and oxygen atoms in total. The first-order valence-electron chi connectivity index (χ1n) is 5.43. The van der Waals surface area contributed by atoms with Crippen molar-refractivity contribution in [2.24, 2.45) is 23.2 Å². The molecular formula is C10H15BO2. The summed E-state index contributed by atoms with van der Waals surface area (Å²) >= 11 is 0. The second kappa shape index (κ2) is 1.72. The van der Waals surface area contributed by atoms with Gasteiger partial charge < -0.3 is 9.31 Å². The molecule has 6 atom stereocenters. The predicted octanol–water partition coefficient (Wildman–Crippen LogP) is 1.10. The van der Waals surface area contributed by atoms with Gasteiger partial charge in [-0.1, -0.05) is 6.92 Å². The van der Waals surface area contributed by atoms with Gasteiger partial charge in [0.05, 0.1) is 11.7 Å². The number of hydrogen-bond acceptors (Lipinski definition) is 2. The van der Waals surface area contributed by atoms with Gasteiger partial charge >= 0.3 is 7.69 Å². The van der Waals surface area contributed by atoms with Crippen molar-refractivity contribution >= 4 is 7.69 Å². The normalized spacial score (nSPS) is 71.8. The molecule has 3 saturated carbocycles. The van der Waals surface area contributed by atoms with Gasteiger partial charge in [0.2, 0.25) is 0 Å². The molecule has 0 radical (unpaired) electrons. The summed E-state index contributed by atoms with van der Waals surface area (Å²) in [5, 5.41) is 0. The number of hydrogen-bond donors (Lipinski definition) is 0. The molecule has 0 N–H and O–H groups in total. The van der Waals surface area contributed by atoms with E-state index in [1.54, 1.807) is 0 Å². The van der Waals surface area contributed by atoms with Crippen molar-refractivity contribution in [1.29, 1.82) is 0 Å². The smallest absolute Gasteiger partial charge is 0.408 e. The molecule has 3 unspecified atom stereocenters. The van der Waals surface area contributed by atoms with Crippen LogP contribution >= 0.6 is 0 Å². The fourth-order valence-electron chi connectivity index (χ4n) is 4.83. The second-order valence-electron chi connectivity index (χ2n) is 5.73. The highest BCUT2D eigenvalue weighted by atomic mass is 16.7. The Morgan fingerprint density at radius 2 is 2.15 bits per heavy atom. The summed E-state index contributed by atoms with van der Waals surface area (Å²) in [6, 6.07) is 0. The van der Waals surface area contributed by atoms with Crippen molar-refractivity contribution in [1.82, 2.24) is 0 Å². The maximum absolute atomic E-state index is 5.84. The lowest BCUT2D eigenvalue weighted by Crippen LogP contribution is -2.59. The molecule has 0 spiro atoms. The Labute approximate surface area is 79.3 Å². The van der Waals surface area contributed by atoms with E-state index in [1.807, 2.05) is 0 Å². The molecule has 1 aliphatic heterocycles. The minimum absolute atomic E-state index is 0.0758. The van der Waals surface area contributed by atoms with Crippen LogP contribution in [0.2, 0.25) is 0 Å². The van der Waals surface area contributed by atoms with Crippen LogP contribution in [0.25, 0.3) is 0 Å². The lowest BCUT2D eigenvalue weighted by Gasteiger charge is -2.64.